The number of pyridine rings is 1. The zero-order valence-electron chi connectivity index (χ0n) is 19.7. The van der Waals surface area contributed by atoms with Crippen LogP contribution in [0.4, 0.5) is 5.82 Å². The van der Waals surface area contributed by atoms with Gasteiger partial charge in [0.15, 0.2) is 11.5 Å². The van der Waals surface area contributed by atoms with Crippen molar-refractivity contribution in [2.24, 2.45) is 0 Å². The molecule has 4 rings (SSSR count). The molecule has 0 aliphatic carbocycles. The maximum atomic E-state index is 9.97. The van der Waals surface area contributed by atoms with E-state index in [1.807, 2.05) is 44.4 Å². The summed E-state index contributed by atoms with van der Waals surface area (Å²) in [5.74, 6) is 1.67. The van der Waals surface area contributed by atoms with Crippen LogP contribution in [0.1, 0.15) is 25.0 Å². The van der Waals surface area contributed by atoms with E-state index < -0.39 is 0 Å². The maximum Gasteiger partial charge on any atom is 0.177 e. The van der Waals surface area contributed by atoms with E-state index in [0.717, 1.165) is 5.70 Å². The van der Waals surface area contributed by atoms with Crippen molar-refractivity contribution in [2.75, 3.05) is 11.6 Å². The molecule has 3 aromatic heterocycles. The van der Waals surface area contributed by atoms with Gasteiger partial charge < -0.3 is 10.1 Å². The molecule has 0 bridgehead atoms. The lowest BCUT2D eigenvalue weighted by molar-refractivity contribution is 0.427. The highest BCUT2D eigenvalue weighted by molar-refractivity contribution is 7.98. The van der Waals surface area contributed by atoms with Crippen LogP contribution in [0, 0.1) is 22.7 Å². The third-order valence-corrected chi connectivity index (χ3v) is 6.10. The Bertz CT molecular complexity index is 1580. The van der Waals surface area contributed by atoms with E-state index in [0.29, 0.717) is 49.8 Å². The molecule has 36 heavy (non-hydrogen) atoms. The lowest BCUT2D eigenvalue weighted by Gasteiger charge is -2.11. The first-order valence-electron chi connectivity index (χ1n) is 10.7. The van der Waals surface area contributed by atoms with Crippen molar-refractivity contribution in [3.05, 3.63) is 88.5 Å². The van der Waals surface area contributed by atoms with Crippen molar-refractivity contribution >= 4 is 34.8 Å². The highest BCUT2D eigenvalue weighted by Crippen LogP contribution is 2.36. The van der Waals surface area contributed by atoms with Gasteiger partial charge in [-0.05, 0) is 50.5 Å². The van der Waals surface area contributed by atoms with Crippen LogP contribution in [-0.2, 0) is 0 Å². The topological polar surface area (TPSA) is 112 Å². The minimum Gasteiger partial charge on any atom is -0.462 e. The molecular formula is C26H20ClN7OS. The molecule has 0 aliphatic heterocycles. The van der Waals surface area contributed by atoms with Gasteiger partial charge in [-0.25, -0.2) is 9.50 Å². The van der Waals surface area contributed by atoms with E-state index in [4.69, 9.17) is 16.3 Å². The second kappa shape index (κ2) is 11.0. The highest BCUT2D eigenvalue weighted by atomic mass is 35.5. The smallest absolute Gasteiger partial charge is 0.177 e. The standard InChI is InChI=1S/C26H20ClN7OS/c1-16(8-9-17(2)35-18-10-12-30-13-11-18)31-24-21(15-29)25-32-26(36-3)20(14-28)23(34(25)33-24)19-6-4-5-7-22(19)27/h4-13H,1-3H3,(H,31,33)/b16-8+,17-9+. The molecular weight excluding hydrogens is 494 g/mol. The third-order valence-electron chi connectivity index (χ3n) is 5.09. The zero-order valence-corrected chi connectivity index (χ0v) is 21.2. The van der Waals surface area contributed by atoms with Crippen molar-refractivity contribution in [1.29, 1.82) is 10.5 Å². The SMILES string of the molecule is CSc1nc2c(C#N)c(N/C(C)=C/C=C(\C)Oc3ccncc3)nn2c(-c2ccccc2Cl)c1C#N. The average Bonchev–Trinajstić information content (AvgIpc) is 3.23. The van der Waals surface area contributed by atoms with Gasteiger partial charge in [0.05, 0.1) is 10.7 Å². The van der Waals surface area contributed by atoms with Crippen LogP contribution in [0.15, 0.2) is 77.4 Å². The summed E-state index contributed by atoms with van der Waals surface area (Å²) >= 11 is 7.81. The number of aromatic nitrogens is 4. The molecule has 0 fully saturated rings. The number of rotatable bonds is 7. The molecule has 0 saturated carbocycles. The number of hydrogen-bond acceptors (Lipinski definition) is 8. The largest absolute Gasteiger partial charge is 0.462 e. The van der Waals surface area contributed by atoms with Gasteiger partial charge in [-0.1, -0.05) is 29.8 Å². The molecule has 3 heterocycles. The third kappa shape index (κ3) is 5.03. The first-order chi connectivity index (χ1) is 17.5. The Balaban J connectivity index is 1.78. The second-order valence-electron chi connectivity index (χ2n) is 7.54. The van der Waals surface area contributed by atoms with Gasteiger partial charge in [0.2, 0.25) is 0 Å². The van der Waals surface area contributed by atoms with Crippen LogP contribution >= 0.6 is 23.4 Å². The highest BCUT2D eigenvalue weighted by Gasteiger charge is 2.24. The van der Waals surface area contributed by atoms with E-state index in [9.17, 15) is 10.5 Å². The molecule has 0 saturated heterocycles. The fraction of sp³-hybridized carbons (Fsp3) is 0.115. The number of nitriles is 2. The van der Waals surface area contributed by atoms with Crippen molar-refractivity contribution in [3.63, 3.8) is 0 Å². The van der Waals surface area contributed by atoms with Crippen LogP contribution in [0.2, 0.25) is 5.02 Å². The molecule has 0 spiro atoms. The molecule has 0 radical (unpaired) electrons. The van der Waals surface area contributed by atoms with Crippen molar-refractivity contribution in [3.8, 4) is 29.1 Å². The Kier molecular flexibility index (Phi) is 7.55. The summed E-state index contributed by atoms with van der Waals surface area (Å²) in [6, 6.07) is 15.2. The summed E-state index contributed by atoms with van der Waals surface area (Å²) < 4.78 is 7.26. The Morgan fingerprint density at radius 2 is 1.81 bits per heavy atom. The Hall–Kier alpha value is -4.31. The van der Waals surface area contributed by atoms with Gasteiger partial charge in [-0.15, -0.1) is 16.9 Å². The predicted molar refractivity (Wildman–Crippen MR) is 141 cm³/mol. The quantitative estimate of drug-likeness (QED) is 0.134. The number of ether oxygens (including phenoxy) is 1. The number of halogens is 1. The zero-order chi connectivity index (χ0) is 25.7. The lowest BCUT2D eigenvalue weighted by atomic mass is 10.1. The summed E-state index contributed by atoms with van der Waals surface area (Å²) in [4.78, 5) is 8.55. The average molecular weight is 514 g/mol. The summed E-state index contributed by atoms with van der Waals surface area (Å²) in [6.45, 7) is 3.68. The number of thioether (sulfide) groups is 1. The number of allylic oxidation sites excluding steroid dienone is 4. The van der Waals surface area contributed by atoms with Crippen molar-refractivity contribution in [2.45, 2.75) is 18.9 Å². The molecule has 0 aliphatic rings. The van der Waals surface area contributed by atoms with Gasteiger partial charge in [-0.2, -0.15) is 10.5 Å². The Labute approximate surface area is 217 Å². The maximum absolute atomic E-state index is 9.97. The van der Waals surface area contributed by atoms with Crippen LogP contribution in [-0.4, -0.2) is 25.8 Å². The molecule has 8 nitrogen and oxygen atoms in total. The van der Waals surface area contributed by atoms with Crippen molar-refractivity contribution in [1.82, 2.24) is 19.6 Å². The second-order valence-corrected chi connectivity index (χ2v) is 8.75. The number of nitrogens with zero attached hydrogens (tertiary/aromatic N) is 6. The van der Waals surface area contributed by atoms with E-state index in [-0.39, 0.29) is 5.56 Å². The van der Waals surface area contributed by atoms with Crippen molar-refractivity contribution < 1.29 is 4.74 Å². The fourth-order valence-corrected chi connectivity index (χ4v) is 4.21. The van der Waals surface area contributed by atoms with Gasteiger partial charge in [0, 0.05) is 23.7 Å². The molecule has 1 aromatic carbocycles. The number of benzene rings is 1. The number of hydrogen-bond donors (Lipinski definition) is 1. The number of fused-ring (bicyclic) bond motifs is 1. The summed E-state index contributed by atoms with van der Waals surface area (Å²) in [6.07, 6.45) is 8.76. The Morgan fingerprint density at radius 1 is 1.08 bits per heavy atom. The van der Waals surface area contributed by atoms with Crippen LogP contribution in [0.5, 0.6) is 5.75 Å². The number of anilines is 1. The lowest BCUT2D eigenvalue weighted by Crippen LogP contribution is -2.03. The van der Waals surface area contributed by atoms with Gasteiger partial charge in [0.1, 0.15) is 39.8 Å². The van der Waals surface area contributed by atoms with Crippen LogP contribution in [0.3, 0.4) is 0 Å². The molecule has 0 amide bonds. The minimum absolute atomic E-state index is 0.254. The first-order valence-corrected chi connectivity index (χ1v) is 12.3. The Morgan fingerprint density at radius 3 is 2.47 bits per heavy atom. The number of nitrogens with one attached hydrogen (secondary N) is 1. The molecule has 0 unspecified atom stereocenters. The normalized spacial score (nSPS) is 11.7. The monoisotopic (exact) mass is 513 g/mol. The van der Waals surface area contributed by atoms with Crippen LogP contribution in [0.25, 0.3) is 16.9 Å². The van der Waals surface area contributed by atoms with Gasteiger partial charge in [-0.3, -0.25) is 4.98 Å². The molecule has 0 atom stereocenters. The van der Waals surface area contributed by atoms with E-state index >= 15 is 0 Å². The molecule has 4 aromatic rings. The fourth-order valence-electron chi connectivity index (χ4n) is 3.47. The molecule has 178 valence electrons. The van der Waals surface area contributed by atoms with E-state index in [1.54, 1.807) is 36.7 Å². The summed E-state index contributed by atoms with van der Waals surface area (Å²) in [7, 11) is 0. The first kappa shape index (κ1) is 24.8. The summed E-state index contributed by atoms with van der Waals surface area (Å²) in [5.41, 5.74) is 2.74. The van der Waals surface area contributed by atoms with Gasteiger partial charge >= 0.3 is 0 Å². The van der Waals surface area contributed by atoms with Gasteiger partial charge in [0.25, 0.3) is 0 Å². The molecule has 1 N–H and O–H groups in total. The van der Waals surface area contributed by atoms with E-state index in [1.165, 1.54) is 16.3 Å². The molecule has 10 heteroatoms. The summed E-state index contributed by atoms with van der Waals surface area (Å²) in [5, 5.41) is 28.7. The predicted octanol–water partition coefficient (Wildman–Crippen LogP) is 6.21. The minimum atomic E-state index is 0.254. The van der Waals surface area contributed by atoms with Crippen LogP contribution < -0.4 is 10.1 Å². The van der Waals surface area contributed by atoms with E-state index in [2.05, 4.69) is 32.5 Å².